The Balaban J connectivity index is 1.59. The van der Waals surface area contributed by atoms with Gasteiger partial charge in [0.25, 0.3) is 5.91 Å². The van der Waals surface area contributed by atoms with Gasteiger partial charge in [-0.25, -0.2) is 0 Å². The van der Waals surface area contributed by atoms with Crippen LogP contribution in [0.2, 0.25) is 0 Å². The first-order chi connectivity index (χ1) is 10.3. The maximum Gasteiger partial charge on any atom is 0.263 e. The lowest BCUT2D eigenvalue weighted by Crippen LogP contribution is -2.35. The molecule has 0 atom stereocenters. The van der Waals surface area contributed by atoms with Gasteiger partial charge in [0.05, 0.1) is 11.5 Å². The Morgan fingerprint density at radius 3 is 2.95 bits per heavy atom. The second kappa shape index (κ2) is 6.90. The summed E-state index contributed by atoms with van der Waals surface area (Å²) < 4.78 is 5.14. The van der Waals surface area contributed by atoms with E-state index in [1.54, 1.807) is 18.4 Å². The van der Waals surface area contributed by atoms with Gasteiger partial charge in [0.2, 0.25) is 0 Å². The van der Waals surface area contributed by atoms with Crippen molar-refractivity contribution in [3.63, 3.8) is 0 Å². The maximum absolute atomic E-state index is 12.7. The highest BCUT2D eigenvalue weighted by molar-refractivity contribution is 7.14. The van der Waals surface area contributed by atoms with Crippen molar-refractivity contribution >= 4 is 17.2 Å². The normalized spacial score (nSPS) is 19.6. The van der Waals surface area contributed by atoms with E-state index in [0.29, 0.717) is 0 Å². The van der Waals surface area contributed by atoms with E-state index in [2.05, 4.69) is 11.0 Å². The first kappa shape index (κ1) is 15.0. The molecule has 3 rings (SSSR count). The molecule has 1 aromatic rings. The summed E-state index contributed by atoms with van der Waals surface area (Å²) in [6, 6.07) is 2.14. The quantitative estimate of drug-likeness (QED) is 0.853. The van der Waals surface area contributed by atoms with E-state index in [0.717, 1.165) is 63.5 Å². The molecule has 5 heteroatoms. The van der Waals surface area contributed by atoms with Crippen molar-refractivity contribution in [1.29, 1.82) is 0 Å². The van der Waals surface area contributed by atoms with Crippen molar-refractivity contribution in [1.82, 2.24) is 9.80 Å². The summed E-state index contributed by atoms with van der Waals surface area (Å²) in [4.78, 5) is 19.5. The van der Waals surface area contributed by atoms with Crippen molar-refractivity contribution in [3.05, 3.63) is 21.4 Å². The molecule has 0 radical (unpaired) electrons. The number of rotatable bonds is 4. The fourth-order valence-corrected chi connectivity index (χ4v) is 4.43. The number of hydrogen-bond donors (Lipinski definition) is 0. The number of fused-ring (bicyclic) bond motifs is 1. The summed E-state index contributed by atoms with van der Waals surface area (Å²) in [7, 11) is 1.74. The van der Waals surface area contributed by atoms with Crippen LogP contribution in [-0.4, -0.2) is 62.1 Å². The van der Waals surface area contributed by atoms with Crippen molar-refractivity contribution in [3.8, 4) is 0 Å². The van der Waals surface area contributed by atoms with Gasteiger partial charge in [-0.2, -0.15) is 0 Å². The average molecular weight is 308 g/mol. The fraction of sp³-hybridized carbons (Fsp3) is 0.688. The van der Waals surface area contributed by atoms with Crippen molar-refractivity contribution in [2.75, 3.05) is 46.4 Å². The van der Waals surface area contributed by atoms with Crippen LogP contribution < -0.4 is 0 Å². The topological polar surface area (TPSA) is 32.8 Å². The standard InChI is InChI=1S/C16H24N2O2S/c1-20-11-10-17-6-3-7-18(9-8-17)16(19)15-12-13-4-2-5-14(13)21-15/h12H,2-11H2,1H3. The Bertz CT molecular complexity index is 479. The molecule has 1 aliphatic carbocycles. The van der Waals surface area contributed by atoms with Crippen molar-refractivity contribution in [2.45, 2.75) is 25.7 Å². The van der Waals surface area contributed by atoms with Crippen LogP contribution in [0.4, 0.5) is 0 Å². The summed E-state index contributed by atoms with van der Waals surface area (Å²) >= 11 is 1.72. The number of nitrogens with zero attached hydrogens (tertiary/aromatic N) is 2. The van der Waals surface area contributed by atoms with Gasteiger partial charge in [-0.1, -0.05) is 0 Å². The lowest BCUT2D eigenvalue weighted by Gasteiger charge is -2.21. The van der Waals surface area contributed by atoms with Gasteiger partial charge in [0.1, 0.15) is 0 Å². The molecular formula is C16H24N2O2S. The molecule has 2 aliphatic rings. The van der Waals surface area contributed by atoms with E-state index in [1.165, 1.54) is 16.9 Å². The van der Waals surface area contributed by atoms with E-state index in [-0.39, 0.29) is 5.91 Å². The Labute approximate surface area is 130 Å². The zero-order valence-corrected chi connectivity index (χ0v) is 13.6. The minimum absolute atomic E-state index is 0.239. The molecule has 1 saturated heterocycles. The third kappa shape index (κ3) is 3.47. The Morgan fingerprint density at radius 2 is 2.14 bits per heavy atom. The fourth-order valence-electron chi connectivity index (χ4n) is 3.21. The van der Waals surface area contributed by atoms with Crippen LogP contribution in [0.5, 0.6) is 0 Å². The molecule has 21 heavy (non-hydrogen) atoms. The zero-order valence-electron chi connectivity index (χ0n) is 12.8. The Morgan fingerprint density at radius 1 is 1.24 bits per heavy atom. The Hall–Kier alpha value is -0.910. The molecule has 1 aliphatic heterocycles. The first-order valence-electron chi connectivity index (χ1n) is 7.90. The molecule has 2 heterocycles. The van der Waals surface area contributed by atoms with Crippen LogP contribution >= 0.6 is 11.3 Å². The lowest BCUT2D eigenvalue weighted by atomic mass is 10.2. The second-order valence-electron chi connectivity index (χ2n) is 5.89. The van der Waals surface area contributed by atoms with Crippen LogP contribution in [0.25, 0.3) is 0 Å². The van der Waals surface area contributed by atoms with Crippen LogP contribution in [0.15, 0.2) is 6.07 Å². The van der Waals surface area contributed by atoms with E-state index >= 15 is 0 Å². The molecule has 0 aromatic carbocycles. The highest BCUT2D eigenvalue weighted by Crippen LogP contribution is 2.31. The molecule has 0 unspecified atom stereocenters. The largest absolute Gasteiger partial charge is 0.383 e. The number of amides is 1. The molecule has 4 nitrogen and oxygen atoms in total. The lowest BCUT2D eigenvalue weighted by molar-refractivity contribution is 0.0764. The molecule has 1 fully saturated rings. The third-order valence-electron chi connectivity index (χ3n) is 4.44. The number of ether oxygens (including phenoxy) is 1. The predicted molar refractivity (Wildman–Crippen MR) is 85.2 cm³/mol. The number of thiophene rings is 1. The van der Waals surface area contributed by atoms with Crippen LogP contribution in [0, 0.1) is 0 Å². The van der Waals surface area contributed by atoms with Crippen molar-refractivity contribution in [2.24, 2.45) is 0 Å². The Kier molecular flexibility index (Phi) is 4.93. The van der Waals surface area contributed by atoms with E-state index in [9.17, 15) is 4.79 Å². The summed E-state index contributed by atoms with van der Waals surface area (Å²) in [5, 5.41) is 0. The molecular weight excluding hydrogens is 284 g/mol. The number of aryl methyl sites for hydroxylation is 2. The van der Waals surface area contributed by atoms with E-state index in [4.69, 9.17) is 4.74 Å². The van der Waals surface area contributed by atoms with Crippen molar-refractivity contribution < 1.29 is 9.53 Å². The number of carbonyl (C=O) groups is 1. The second-order valence-corrected chi connectivity index (χ2v) is 7.03. The van der Waals surface area contributed by atoms with Gasteiger partial charge in [0.15, 0.2) is 0 Å². The maximum atomic E-state index is 12.7. The monoisotopic (exact) mass is 308 g/mol. The average Bonchev–Trinajstić information content (AvgIpc) is 2.99. The van der Waals surface area contributed by atoms with Gasteiger partial charge >= 0.3 is 0 Å². The minimum atomic E-state index is 0.239. The molecule has 0 N–H and O–H groups in total. The zero-order chi connectivity index (χ0) is 14.7. The highest BCUT2D eigenvalue weighted by Gasteiger charge is 2.24. The molecule has 116 valence electrons. The summed E-state index contributed by atoms with van der Waals surface area (Å²) in [6.45, 7) is 5.47. The van der Waals surface area contributed by atoms with E-state index in [1.807, 2.05) is 4.90 Å². The number of hydrogen-bond acceptors (Lipinski definition) is 4. The highest BCUT2D eigenvalue weighted by atomic mass is 32.1. The molecule has 0 saturated carbocycles. The van der Waals surface area contributed by atoms with Crippen LogP contribution in [0.3, 0.4) is 0 Å². The van der Waals surface area contributed by atoms with Gasteiger partial charge in [-0.05, 0) is 43.9 Å². The van der Waals surface area contributed by atoms with Crippen LogP contribution in [0.1, 0.15) is 33.0 Å². The minimum Gasteiger partial charge on any atom is -0.383 e. The number of methoxy groups -OCH3 is 1. The predicted octanol–water partition coefficient (Wildman–Crippen LogP) is 2.03. The third-order valence-corrected chi connectivity index (χ3v) is 5.67. The number of carbonyl (C=O) groups excluding carboxylic acids is 1. The summed E-state index contributed by atoms with van der Waals surface area (Å²) in [6.07, 6.45) is 4.64. The first-order valence-corrected chi connectivity index (χ1v) is 8.71. The molecule has 1 amide bonds. The smallest absolute Gasteiger partial charge is 0.263 e. The molecule has 0 bridgehead atoms. The summed E-state index contributed by atoms with van der Waals surface area (Å²) in [5.41, 5.74) is 1.42. The van der Waals surface area contributed by atoms with Gasteiger partial charge in [0, 0.05) is 38.2 Å². The summed E-state index contributed by atoms with van der Waals surface area (Å²) in [5.74, 6) is 0.239. The van der Waals surface area contributed by atoms with Crippen LogP contribution in [-0.2, 0) is 17.6 Å². The van der Waals surface area contributed by atoms with Gasteiger partial charge < -0.3 is 9.64 Å². The van der Waals surface area contributed by atoms with Gasteiger partial charge in [-0.15, -0.1) is 11.3 Å². The molecule has 0 spiro atoms. The van der Waals surface area contributed by atoms with E-state index < -0.39 is 0 Å². The SMILES string of the molecule is COCCN1CCCN(C(=O)c2cc3c(s2)CCC3)CC1. The van der Waals surface area contributed by atoms with Gasteiger partial charge in [-0.3, -0.25) is 9.69 Å². The molecule has 1 aromatic heterocycles.